The molecule has 3 rings (SSSR count). The summed E-state index contributed by atoms with van der Waals surface area (Å²) in [5.74, 6) is 0.865. The Morgan fingerprint density at radius 3 is 2.40 bits per heavy atom. The van der Waals surface area contributed by atoms with Crippen molar-refractivity contribution in [3.63, 3.8) is 0 Å². The molecule has 0 spiro atoms. The third-order valence-corrected chi connectivity index (χ3v) is 7.63. The first-order valence-electron chi connectivity index (χ1n) is 7.99. The van der Waals surface area contributed by atoms with Crippen LogP contribution in [-0.2, 0) is 10.2 Å². The lowest BCUT2D eigenvalue weighted by Crippen LogP contribution is -2.47. The third-order valence-electron chi connectivity index (χ3n) is 5.66. The van der Waals surface area contributed by atoms with E-state index in [9.17, 15) is 8.42 Å². The maximum absolute atomic E-state index is 12.8. The van der Waals surface area contributed by atoms with Crippen LogP contribution in [-0.4, -0.2) is 49.2 Å². The van der Waals surface area contributed by atoms with Gasteiger partial charge in [0.1, 0.15) is 0 Å². The minimum Gasteiger partial charge on any atom is -0.327 e. The summed E-state index contributed by atoms with van der Waals surface area (Å²) in [5, 5.41) is 0. The van der Waals surface area contributed by atoms with Gasteiger partial charge in [-0.1, -0.05) is 19.3 Å². The second-order valence-electron chi connectivity index (χ2n) is 6.80. The minimum atomic E-state index is -3.29. The molecule has 2 N–H and O–H groups in total. The van der Waals surface area contributed by atoms with Crippen molar-refractivity contribution in [3.8, 4) is 0 Å². The molecule has 0 radical (unpaired) electrons. The van der Waals surface area contributed by atoms with Crippen molar-refractivity contribution in [1.29, 1.82) is 0 Å². The first-order chi connectivity index (χ1) is 9.50. The quantitative estimate of drug-likeness (QED) is 0.851. The molecule has 1 aliphatic heterocycles. The van der Waals surface area contributed by atoms with Crippen LogP contribution in [0.25, 0.3) is 0 Å². The Kier molecular flexibility index (Phi) is 4.10. The highest BCUT2D eigenvalue weighted by molar-refractivity contribution is 7.86. The minimum absolute atomic E-state index is 0.195. The topological polar surface area (TPSA) is 66.6 Å². The zero-order valence-corrected chi connectivity index (χ0v) is 13.2. The number of rotatable bonds is 3. The van der Waals surface area contributed by atoms with Crippen molar-refractivity contribution < 1.29 is 8.42 Å². The van der Waals surface area contributed by atoms with Gasteiger partial charge < -0.3 is 5.73 Å². The molecule has 5 nitrogen and oxygen atoms in total. The Morgan fingerprint density at radius 2 is 1.75 bits per heavy atom. The molecule has 3 aliphatic rings. The molecule has 0 aromatic carbocycles. The highest BCUT2D eigenvalue weighted by Crippen LogP contribution is 2.39. The van der Waals surface area contributed by atoms with Gasteiger partial charge in [-0.05, 0) is 37.5 Å². The van der Waals surface area contributed by atoms with Gasteiger partial charge in [0.25, 0.3) is 10.2 Å². The van der Waals surface area contributed by atoms with Crippen molar-refractivity contribution in [1.82, 2.24) is 8.61 Å². The summed E-state index contributed by atoms with van der Waals surface area (Å²) in [5.41, 5.74) is 6.11. The Balaban J connectivity index is 1.69. The highest BCUT2D eigenvalue weighted by Gasteiger charge is 2.46. The SMILES string of the molecule is CN(C1CCCCC1)S(=O)(=O)N1CC2CCC(N)C2C1. The second-order valence-corrected chi connectivity index (χ2v) is 8.79. The van der Waals surface area contributed by atoms with Gasteiger partial charge in [-0.25, -0.2) is 0 Å². The maximum atomic E-state index is 12.8. The summed E-state index contributed by atoms with van der Waals surface area (Å²) >= 11 is 0. The average molecular weight is 301 g/mol. The van der Waals surface area contributed by atoms with E-state index < -0.39 is 10.2 Å². The fourth-order valence-corrected chi connectivity index (χ4v) is 5.96. The molecule has 2 aliphatic carbocycles. The van der Waals surface area contributed by atoms with E-state index in [1.54, 1.807) is 15.7 Å². The summed E-state index contributed by atoms with van der Waals surface area (Å²) in [6, 6.07) is 0.392. The average Bonchev–Trinajstić information content (AvgIpc) is 3.02. The standard InChI is InChI=1S/C14H27N3O2S/c1-16(12-5-3-2-4-6-12)20(18,19)17-9-11-7-8-14(15)13(11)10-17/h11-14H,2-10,15H2,1H3. The van der Waals surface area contributed by atoms with E-state index in [2.05, 4.69) is 0 Å². The summed E-state index contributed by atoms with van der Waals surface area (Å²) in [4.78, 5) is 0. The Morgan fingerprint density at radius 1 is 1.05 bits per heavy atom. The van der Waals surface area contributed by atoms with Crippen LogP contribution in [0.3, 0.4) is 0 Å². The smallest absolute Gasteiger partial charge is 0.281 e. The predicted octanol–water partition coefficient (Wildman–Crippen LogP) is 1.16. The fourth-order valence-electron chi connectivity index (χ4n) is 4.27. The van der Waals surface area contributed by atoms with E-state index in [1.165, 1.54) is 6.42 Å². The van der Waals surface area contributed by atoms with Crippen molar-refractivity contribution in [2.45, 2.75) is 57.0 Å². The predicted molar refractivity (Wildman–Crippen MR) is 79.3 cm³/mol. The van der Waals surface area contributed by atoms with E-state index in [4.69, 9.17) is 5.73 Å². The number of hydrogen-bond donors (Lipinski definition) is 1. The lowest BCUT2D eigenvalue weighted by Gasteiger charge is -2.33. The molecule has 0 aromatic rings. The van der Waals surface area contributed by atoms with Gasteiger partial charge >= 0.3 is 0 Å². The number of hydrogen-bond acceptors (Lipinski definition) is 3. The molecule has 2 saturated carbocycles. The van der Waals surface area contributed by atoms with Crippen molar-refractivity contribution in [2.75, 3.05) is 20.1 Å². The molecule has 0 bridgehead atoms. The molecule has 0 aromatic heterocycles. The maximum Gasteiger partial charge on any atom is 0.281 e. The first kappa shape index (κ1) is 14.8. The van der Waals surface area contributed by atoms with Gasteiger partial charge in [-0.3, -0.25) is 0 Å². The van der Waals surface area contributed by atoms with Crippen LogP contribution in [0.1, 0.15) is 44.9 Å². The first-order valence-corrected chi connectivity index (χ1v) is 9.38. The molecule has 0 amide bonds. The monoisotopic (exact) mass is 301 g/mol. The Labute approximate surface area is 122 Å². The van der Waals surface area contributed by atoms with Crippen LogP contribution < -0.4 is 5.73 Å². The van der Waals surface area contributed by atoms with Crippen LogP contribution in [0.4, 0.5) is 0 Å². The second kappa shape index (κ2) is 5.55. The number of nitrogens with zero attached hydrogens (tertiary/aromatic N) is 2. The van der Waals surface area contributed by atoms with Gasteiger partial charge in [0.05, 0.1) is 0 Å². The molecule has 3 fully saturated rings. The normalized spacial score (nSPS) is 36.6. The van der Waals surface area contributed by atoms with Crippen LogP contribution in [0, 0.1) is 11.8 Å². The molecule has 3 atom stereocenters. The van der Waals surface area contributed by atoms with Gasteiger partial charge in [0, 0.05) is 32.2 Å². The number of fused-ring (bicyclic) bond motifs is 1. The van der Waals surface area contributed by atoms with Crippen LogP contribution in [0.5, 0.6) is 0 Å². The van der Waals surface area contributed by atoms with E-state index in [-0.39, 0.29) is 12.1 Å². The fraction of sp³-hybridized carbons (Fsp3) is 1.00. The van der Waals surface area contributed by atoms with Crippen molar-refractivity contribution in [2.24, 2.45) is 17.6 Å². The van der Waals surface area contributed by atoms with E-state index >= 15 is 0 Å². The zero-order chi connectivity index (χ0) is 14.3. The van der Waals surface area contributed by atoms with Gasteiger partial charge in [-0.15, -0.1) is 0 Å². The molecule has 1 heterocycles. The lowest BCUT2D eigenvalue weighted by molar-refractivity contribution is 0.266. The van der Waals surface area contributed by atoms with Crippen LogP contribution >= 0.6 is 0 Å². The molecular weight excluding hydrogens is 274 g/mol. The van der Waals surface area contributed by atoms with Crippen LogP contribution in [0.15, 0.2) is 0 Å². The summed E-state index contributed by atoms with van der Waals surface area (Å²) in [6.45, 7) is 1.31. The lowest BCUT2D eigenvalue weighted by atomic mass is 9.96. The summed E-state index contributed by atoms with van der Waals surface area (Å²) < 4.78 is 28.9. The van der Waals surface area contributed by atoms with E-state index in [0.29, 0.717) is 24.9 Å². The Bertz CT molecular complexity index is 447. The van der Waals surface area contributed by atoms with E-state index in [1.807, 2.05) is 0 Å². The largest absolute Gasteiger partial charge is 0.327 e. The molecule has 116 valence electrons. The van der Waals surface area contributed by atoms with Gasteiger partial charge in [-0.2, -0.15) is 17.0 Å². The summed E-state index contributed by atoms with van der Waals surface area (Å²) in [7, 11) is -1.53. The molecular formula is C14H27N3O2S. The molecule has 6 heteroatoms. The highest BCUT2D eigenvalue weighted by atomic mass is 32.2. The molecule has 1 saturated heterocycles. The zero-order valence-electron chi connectivity index (χ0n) is 12.4. The van der Waals surface area contributed by atoms with Crippen LogP contribution in [0.2, 0.25) is 0 Å². The number of nitrogens with two attached hydrogens (primary N) is 1. The third kappa shape index (κ3) is 2.51. The van der Waals surface area contributed by atoms with Crippen molar-refractivity contribution >= 4 is 10.2 Å². The van der Waals surface area contributed by atoms with Crippen molar-refractivity contribution in [3.05, 3.63) is 0 Å². The molecule has 20 heavy (non-hydrogen) atoms. The van der Waals surface area contributed by atoms with Gasteiger partial charge in [0.2, 0.25) is 0 Å². The molecule has 3 unspecified atom stereocenters. The summed E-state index contributed by atoms with van der Waals surface area (Å²) in [6.07, 6.45) is 7.72. The van der Waals surface area contributed by atoms with E-state index in [0.717, 1.165) is 38.5 Å². The van der Waals surface area contributed by atoms with Gasteiger partial charge in [0.15, 0.2) is 0 Å². The Hall–Kier alpha value is -0.170.